The molecule has 0 spiro atoms. The van der Waals surface area contributed by atoms with Crippen molar-refractivity contribution in [2.45, 2.75) is 18.1 Å². The summed E-state index contributed by atoms with van der Waals surface area (Å²) in [6.07, 6.45) is 4.64. The maximum atomic E-state index is 11.6. The van der Waals surface area contributed by atoms with Crippen LogP contribution in [0.15, 0.2) is 21.9 Å². The Morgan fingerprint density at radius 1 is 1.30 bits per heavy atom. The third kappa shape index (κ3) is 3.10. The van der Waals surface area contributed by atoms with Gasteiger partial charge >= 0.3 is 0 Å². The molecule has 9 heteroatoms. The summed E-state index contributed by atoms with van der Waals surface area (Å²) in [6.45, 7) is 4.02. The molecule has 0 aromatic carbocycles. The number of thiazole rings is 1. The molecule has 3 rings (SSSR count). The fraction of sp³-hybridized carbons (Fsp3) is 0.286. The van der Waals surface area contributed by atoms with Crippen LogP contribution in [0.4, 0.5) is 0 Å². The van der Waals surface area contributed by atoms with Crippen LogP contribution in [0.3, 0.4) is 0 Å². The molecule has 0 aliphatic carbocycles. The summed E-state index contributed by atoms with van der Waals surface area (Å²) in [7, 11) is -3.37. The van der Waals surface area contributed by atoms with Crippen LogP contribution in [0.5, 0.6) is 0 Å². The van der Waals surface area contributed by atoms with Gasteiger partial charge in [-0.3, -0.25) is 0 Å². The first-order valence-electron chi connectivity index (χ1n) is 6.67. The summed E-state index contributed by atoms with van der Waals surface area (Å²) in [5.41, 5.74) is 3.76. The lowest BCUT2D eigenvalue weighted by Crippen LogP contribution is -2.10. The zero-order chi connectivity index (χ0) is 16.8. The number of rotatable bonds is 4. The Hall–Kier alpha value is -1.16. The van der Waals surface area contributed by atoms with E-state index in [1.54, 1.807) is 40.5 Å². The second-order valence-corrected chi connectivity index (χ2v) is 9.85. The Morgan fingerprint density at radius 2 is 2.04 bits per heavy atom. The zero-order valence-corrected chi connectivity index (χ0v) is 16.3. The van der Waals surface area contributed by atoms with Gasteiger partial charge in [-0.15, -0.1) is 34.4 Å². The quantitative estimate of drug-likeness (QED) is 0.638. The molecule has 0 aliphatic rings. The highest BCUT2D eigenvalue weighted by atomic mass is 32.2. The van der Waals surface area contributed by atoms with Crippen LogP contribution >= 0.6 is 34.4 Å². The number of thioether (sulfide) groups is 1. The smallest absolute Gasteiger partial charge is 0.241 e. The minimum Gasteiger partial charge on any atom is -0.241 e. The van der Waals surface area contributed by atoms with E-state index >= 15 is 0 Å². The second kappa shape index (κ2) is 6.04. The highest BCUT2D eigenvalue weighted by Crippen LogP contribution is 2.46. The fourth-order valence-electron chi connectivity index (χ4n) is 2.21. The average molecular weight is 386 g/mol. The fourth-order valence-corrected chi connectivity index (χ4v) is 5.77. The van der Waals surface area contributed by atoms with Gasteiger partial charge < -0.3 is 0 Å². The Morgan fingerprint density at radius 3 is 2.57 bits per heavy atom. The Balaban J connectivity index is 2.16. The first-order chi connectivity index (χ1) is 10.8. The molecule has 5 nitrogen and oxygen atoms in total. The molecule has 0 unspecified atom stereocenters. The van der Waals surface area contributed by atoms with E-state index in [1.165, 1.54) is 6.20 Å². The van der Waals surface area contributed by atoms with Crippen molar-refractivity contribution in [1.29, 1.82) is 0 Å². The maximum Gasteiger partial charge on any atom is 0.250 e. The van der Waals surface area contributed by atoms with Crippen LogP contribution in [-0.4, -0.2) is 35.1 Å². The lowest BCUT2D eigenvalue weighted by atomic mass is 10.1. The van der Waals surface area contributed by atoms with Crippen LogP contribution in [-0.2, 0) is 10.0 Å². The minimum absolute atomic E-state index is 0.674. The highest BCUT2D eigenvalue weighted by molar-refractivity contribution is 8.00. The van der Waals surface area contributed by atoms with Crippen molar-refractivity contribution in [1.82, 2.24) is 14.2 Å². The van der Waals surface area contributed by atoms with Gasteiger partial charge in [0.1, 0.15) is 5.01 Å². The average Bonchev–Trinajstić information content (AvgIpc) is 3.16. The van der Waals surface area contributed by atoms with Crippen molar-refractivity contribution >= 4 is 44.5 Å². The van der Waals surface area contributed by atoms with Gasteiger partial charge in [-0.2, -0.15) is 9.19 Å². The lowest BCUT2D eigenvalue weighted by Gasteiger charge is -2.00. The molecule has 23 heavy (non-hydrogen) atoms. The summed E-state index contributed by atoms with van der Waals surface area (Å²) >= 11 is 4.94. The third-order valence-corrected chi connectivity index (χ3v) is 7.68. The van der Waals surface area contributed by atoms with Gasteiger partial charge in [0.05, 0.1) is 21.0 Å². The second-order valence-electron chi connectivity index (χ2n) is 5.05. The SMILES string of the molecule is CSc1sc(-c2nc(C)cs2)c(C)c1-c1ccn(S(C)(=O)=O)n1. The molecule has 0 aliphatic heterocycles. The Labute approximate surface area is 147 Å². The molecule has 3 heterocycles. The van der Waals surface area contributed by atoms with E-state index in [2.05, 4.69) is 10.1 Å². The predicted molar refractivity (Wildman–Crippen MR) is 98.1 cm³/mol. The van der Waals surface area contributed by atoms with Crippen molar-refractivity contribution in [3.8, 4) is 21.1 Å². The molecule has 122 valence electrons. The van der Waals surface area contributed by atoms with E-state index in [0.29, 0.717) is 5.69 Å². The highest BCUT2D eigenvalue weighted by Gasteiger charge is 2.21. The van der Waals surface area contributed by atoms with Crippen LogP contribution < -0.4 is 0 Å². The van der Waals surface area contributed by atoms with Gasteiger partial charge in [0.15, 0.2) is 0 Å². The first-order valence-corrected chi connectivity index (χ1v) is 11.4. The van der Waals surface area contributed by atoms with Crippen LogP contribution in [0.2, 0.25) is 0 Å². The number of hydrogen-bond acceptors (Lipinski definition) is 7. The molecule has 0 bridgehead atoms. The number of aromatic nitrogens is 3. The summed E-state index contributed by atoms with van der Waals surface area (Å²) in [5.74, 6) is 0. The largest absolute Gasteiger partial charge is 0.250 e. The molecule has 0 fully saturated rings. The molecule has 0 N–H and O–H groups in total. The molecule has 3 aromatic heterocycles. The molecular weight excluding hydrogens is 370 g/mol. The predicted octanol–water partition coefficient (Wildman–Crippen LogP) is 3.88. The molecule has 3 aromatic rings. The van der Waals surface area contributed by atoms with Gasteiger partial charge in [0.2, 0.25) is 0 Å². The van der Waals surface area contributed by atoms with E-state index in [-0.39, 0.29) is 0 Å². The van der Waals surface area contributed by atoms with Crippen molar-refractivity contribution in [3.05, 3.63) is 28.9 Å². The van der Waals surface area contributed by atoms with Gasteiger partial charge in [-0.1, -0.05) is 0 Å². The summed E-state index contributed by atoms with van der Waals surface area (Å²) in [4.78, 5) is 5.69. The van der Waals surface area contributed by atoms with Crippen molar-refractivity contribution < 1.29 is 8.42 Å². The summed E-state index contributed by atoms with van der Waals surface area (Å²) in [6, 6.07) is 1.74. The topological polar surface area (TPSA) is 64.8 Å². The van der Waals surface area contributed by atoms with E-state index in [9.17, 15) is 8.42 Å². The van der Waals surface area contributed by atoms with E-state index in [1.807, 2.05) is 25.5 Å². The van der Waals surface area contributed by atoms with Gasteiger partial charge in [-0.05, 0) is 31.7 Å². The van der Waals surface area contributed by atoms with Crippen molar-refractivity contribution in [2.24, 2.45) is 0 Å². The van der Waals surface area contributed by atoms with E-state index in [0.717, 1.165) is 41.3 Å². The number of thiophene rings is 1. The Bertz CT molecular complexity index is 966. The summed E-state index contributed by atoms with van der Waals surface area (Å²) < 4.78 is 25.4. The first kappa shape index (κ1) is 16.7. The summed E-state index contributed by atoms with van der Waals surface area (Å²) in [5, 5.41) is 7.27. The standard InChI is InChI=1S/C14H15N3O2S4/c1-8-7-21-13(15-8)12-9(2)11(14(20-3)22-12)10-5-6-17(16-10)23(4,18)19/h5-7H,1-4H3. The molecule has 0 radical (unpaired) electrons. The normalized spacial score (nSPS) is 12.0. The molecule has 0 amide bonds. The lowest BCUT2D eigenvalue weighted by molar-refractivity contribution is 0.586. The Kier molecular flexibility index (Phi) is 4.39. The zero-order valence-electron chi connectivity index (χ0n) is 13.0. The van der Waals surface area contributed by atoms with Crippen molar-refractivity contribution in [2.75, 3.05) is 12.5 Å². The number of nitrogens with zero attached hydrogens (tertiary/aromatic N) is 3. The van der Waals surface area contributed by atoms with Crippen LogP contribution in [0.1, 0.15) is 11.3 Å². The molecule has 0 saturated heterocycles. The number of aryl methyl sites for hydroxylation is 1. The third-order valence-electron chi connectivity index (χ3n) is 3.28. The van der Waals surface area contributed by atoms with E-state index < -0.39 is 10.0 Å². The van der Waals surface area contributed by atoms with Gasteiger partial charge in [-0.25, -0.2) is 13.4 Å². The van der Waals surface area contributed by atoms with E-state index in [4.69, 9.17) is 0 Å². The molecule has 0 saturated carbocycles. The van der Waals surface area contributed by atoms with Gasteiger partial charge in [0.25, 0.3) is 10.0 Å². The van der Waals surface area contributed by atoms with Crippen LogP contribution in [0.25, 0.3) is 21.1 Å². The maximum absolute atomic E-state index is 11.6. The van der Waals surface area contributed by atoms with Crippen molar-refractivity contribution in [3.63, 3.8) is 0 Å². The van der Waals surface area contributed by atoms with Gasteiger partial charge in [0, 0.05) is 22.8 Å². The molecule has 0 atom stereocenters. The number of hydrogen-bond donors (Lipinski definition) is 0. The minimum atomic E-state index is -3.37. The monoisotopic (exact) mass is 385 g/mol. The van der Waals surface area contributed by atoms with Crippen LogP contribution in [0, 0.1) is 13.8 Å². The molecular formula is C14H15N3O2S4.